The van der Waals surface area contributed by atoms with Gasteiger partial charge in [-0.2, -0.15) is 0 Å². The smallest absolute Gasteiger partial charge is 0.240 e. The van der Waals surface area contributed by atoms with E-state index in [9.17, 15) is 13.2 Å². The van der Waals surface area contributed by atoms with Gasteiger partial charge in [0, 0.05) is 24.7 Å². The number of amides is 1. The third-order valence-electron chi connectivity index (χ3n) is 5.55. The molecule has 1 heterocycles. The molecule has 1 aliphatic carbocycles. The topological polar surface area (TPSA) is 66.5 Å². The molecular formula is C20H30N2O3S. The lowest BCUT2D eigenvalue weighted by molar-refractivity contribution is -0.119. The number of rotatable bonds is 9. The van der Waals surface area contributed by atoms with Crippen LogP contribution < -0.4 is 9.62 Å². The molecule has 2 aliphatic rings. The normalized spacial score (nSPS) is 18.0. The van der Waals surface area contributed by atoms with Crippen LogP contribution in [0.4, 0.5) is 5.69 Å². The minimum atomic E-state index is -3.51. The highest BCUT2D eigenvalue weighted by molar-refractivity contribution is 7.89. The molecular weight excluding hydrogens is 348 g/mol. The Hall–Kier alpha value is -1.40. The first-order chi connectivity index (χ1) is 12.5. The number of hydrogen-bond donors (Lipinski definition) is 1. The highest BCUT2D eigenvalue weighted by atomic mass is 32.2. The van der Waals surface area contributed by atoms with Crippen LogP contribution in [0.1, 0.15) is 57.9 Å². The van der Waals surface area contributed by atoms with Gasteiger partial charge >= 0.3 is 0 Å². The molecule has 5 nitrogen and oxygen atoms in total. The minimum Gasteiger partial charge on any atom is -0.312 e. The Labute approximate surface area is 157 Å². The summed E-state index contributed by atoms with van der Waals surface area (Å²) in [6, 6.07) is 5.17. The van der Waals surface area contributed by atoms with E-state index in [-0.39, 0.29) is 11.8 Å². The minimum absolute atomic E-state index is 0.181. The SMILES string of the molecule is CCCCC(CC)CNS(=O)(=O)c1ccc2c(c1)CCN2C(=O)C1CC1. The van der Waals surface area contributed by atoms with Gasteiger partial charge in [0.2, 0.25) is 15.9 Å². The van der Waals surface area contributed by atoms with E-state index in [0.717, 1.165) is 56.2 Å². The average molecular weight is 379 g/mol. The van der Waals surface area contributed by atoms with Gasteiger partial charge in [-0.1, -0.05) is 33.1 Å². The molecule has 0 bridgehead atoms. The quantitative estimate of drug-likeness (QED) is 0.715. The Morgan fingerprint density at radius 3 is 2.73 bits per heavy atom. The molecule has 0 spiro atoms. The summed E-state index contributed by atoms with van der Waals surface area (Å²) in [5.41, 5.74) is 1.84. The lowest BCUT2D eigenvalue weighted by Gasteiger charge is -2.18. The molecule has 26 heavy (non-hydrogen) atoms. The molecule has 1 aromatic rings. The largest absolute Gasteiger partial charge is 0.312 e. The van der Waals surface area contributed by atoms with Crippen LogP contribution in [-0.2, 0) is 21.2 Å². The van der Waals surface area contributed by atoms with E-state index in [1.807, 2.05) is 4.90 Å². The summed E-state index contributed by atoms with van der Waals surface area (Å²) in [6.07, 6.45) is 6.98. The standard InChI is InChI=1S/C20H30N2O3S/c1-3-5-6-15(4-2)14-21-26(24,25)18-9-10-19-17(13-18)11-12-22(19)20(23)16-7-8-16/h9-10,13,15-16,21H,3-8,11-12,14H2,1-2H3. The van der Waals surface area contributed by atoms with Crippen molar-refractivity contribution in [3.05, 3.63) is 23.8 Å². The molecule has 1 aromatic carbocycles. The summed E-state index contributed by atoms with van der Waals surface area (Å²) >= 11 is 0. The van der Waals surface area contributed by atoms with Crippen molar-refractivity contribution in [2.45, 2.75) is 63.7 Å². The summed E-state index contributed by atoms with van der Waals surface area (Å²) in [4.78, 5) is 14.5. The number of nitrogens with zero attached hydrogens (tertiary/aromatic N) is 1. The van der Waals surface area contributed by atoms with Crippen LogP contribution in [0.5, 0.6) is 0 Å². The molecule has 6 heteroatoms. The van der Waals surface area contributed by atoms with Gasteiger partial charge < -0.3 is 4.90 Å². The van der Waals surface area contributed by atoms with Gasteiger partial charge in [0.25, 0.3) is 0 Å². The van der Waals surface area contributed by atoms with Gasteiger partial charge in [-0.3, -0.25) is 4.79 Å². The highest BCUT2D eigenvalue weighted by Crippen LogP contribution is 2.37. The zero-order valence-electron chi connectivity index (χ0n) is 15.8. The maximum Gasteiger partial charge on any atom is 0.240 e. The molecule has 1 amide bonds. The molecule has 0 radical (unpaired) electrons. The van der Waals surface area contributed by atoms with Crippen LogP contribution in [0.2, 0.25) is 0 Å². The fraction of sp³-hybridized carbons (Fsp3) is 0.650. The van der Waals surface area contributed by atoms with Gasteiger partial charge in [0.05, 0.1) is 4.90 Å². The Bertz CT molecular complexity index is 756. The Morgan fingerprint density at radius 2 is 2.08 bits per heavy atom. The van der Waals surface area contributed by atoms with Gasteiger partial charge in [0.1, 0.15) is 0 Å². The van der Waals surface area contributed by atoms with Gasteiger partial charge in [-0.25, -0.2) is 13.1 Å². The lowest BCUT2D eigenvalue weighted by Crippen LogP contribution is -2.30. The zero-order chi connectivity index (χ0) is 18.7. The number of fused-ring (bicyclic) bond motifs is 1. The second-order valence-corrected chi connectivity index (χ2v) is 9.34. The van der Waals surface area contributed by atoms with Crippen LogP contribution in [0, 0.1) is 11.8 Å². The number of benzene rings is 1. The summed E-state index contributed by atoms with van der Waals surface area (Å²) in [5.74, 6) is 0.755. The number of nitrogens with one attached hydrogen (secondary N) is 1. The zero-order valence-corrected chi connectivity index (χ0v) is 16.6. The second-order valence-electron chi connectivity index (χ2n) is 7.57. The summed E-state index contributed by atoms with van der Waals surface area (Å²) in [6.45, 7) is 5.41. The fourth-order valence-electron chi connectivity index (χ4n) is 3.58. The average Bonchev–Trinajstić information content (AvgIpc) is 3.40. The van der Waals surface area contributed by atoms with Crippen molar-refractivity contribution < 1.29 is 13.2 Å². The van der Waals surface area contributed by atoms with Crippen LogP contribution in [0.25, 0.3) is 0 Å². The highest BCUT2D eigenvalue weighted by Gasteiger charge is 2.36. The fourth-order valence-corrected chi connectivity index (χ4v) is 4.75. The molecule has 0 saturated heterocycles. The third kappa shape index (κ3) is 4.29. The molecule has 1 N–H and O–H groups in total. The maximum atomic E-state index is 12.7. The number of anilines is 1. The van der Waals surface area contributed by atoms with Crippen molar-refractivity contribution in [1.82, 2.24) is 4.72 Å². The first-order valence-electron chi connectivity index (χ1n) is 9.90. The second kappa shape index (κ2) is 8.09. The molecule has 3 rings (SSSR count). The molecule has 1 aliphatic heterocycles. The summed E-state index contributed by atoms with van der Waals surface area (Å²) in [7, 11) is -3.51. The Balaban J connectivity index is 1.68. The number of sulfonamides is 1. The van der Waals surface area contributed by atoms with E-state index in [1.165, 1.54) is 0 Å². The Kier molecular flexibility index (Phi) is 6.03. The molecule has 1 saturated carbocycles. The van der Waals surface area contributed by atoms with Crippen molar-refractivity contribution >= 4 is 21.6 Å². The number of unbranched alkanes of at least 4 members (excludes halogenated alkanes) is 1. The molecule has 144 valence electrons. The van der Waals surface area contributed by atoms with Crippen molar-refractivity contribution in [2.24, 2.45) is 11.8 Å². The number of carbonyl (C=O) groups is 1. The summed E-state index contributed by atoms with van der Waals surface area (Å²) in [5, 5.41) is 0. The Morgan fingerprint density at radius 1 is 1.31 bits per heavy atom. The van der Waals surface area contributed by atoms with Crippen LogP contribution in [0.3, 0.4) is 0 Å². The maximum absolute atomic E-state index is 12.7. The predicted molar refractivity (Wildman–Crippen MR) is 104 cm³/mol. The molecule has 1 unspecified atom stereocenters. The van der Waals surface area contributed by atoms with Crippen molar-refractivity contribution in [2.75, 3.05) is 18.0 Å². The van der Waals surface area contributed by atoms with Gasteiger partial charge in [-0.05, 0) is 55.4 Å². The van der Waals surface area contributed by atoms with E-state index in [2.05, 4.69) is 18.6 Å². The van der Waals surface area contributed by atoms with Gasteiger partial charge in [-0.15, -0.1) is 0 Å². The van der Waals surface area contributed by atoms with E-state index in [1.54, 1.807) is 18.2 Å². The molecule has 1 fully saturated rings. The third-order valence-corrected chi connectivity index (χ3v) is 6.98. The van der Waals surface area contributed by atoms with E-state index in [0.29, 0.717) is 23.9 Å². The van der Waals surface area contributed by atoms with E-state index < -0.39 is 10.0 Å². The van der Waals surface area contributed by atoms with Gasteiger partial charge in [0.15, 0.2) is 0 Å². The first kappa shape index (κ1) is 19.4. The molecule has 1 atom stereocenters. The lowest BCUT2D eigenvalue weighted by atomic mass is 10.00. The number of carbonyl (C=O) groups excluding carboxylic acids is 1. The predicted octanol–water partition coefficient (Wildman–Crippen LogP) is 3.48. The monoisotopic (exact) mass is 378 g/mol. The molecule has 0 aromatic heterocycles. The van der Waals surface area contributed by atoms with Crippen molar-refractivity contribution in [3.63, 3.8) is 0 Å². The van der Waals surface area contributed by atoms with Crippen LogP contribution in [0.15, 0.2) is 23.1 Å². The van der Waals surface area contributed by atoms with Crippen molar-refractivity contribution in [1.29, 1.82) is 0 Å². The van der Waals surface area contributed by atoms with E-state index >= 15 is 0 Å². The number of hydrogen-bond acceptors (Lipinski definition) is 3. The first-order valence-corrected chi connectivity index (χ1v) is 11.4. The van der Waals surface area contributed by atoms with Crippen molar-refractivity contribution in [3.8, 4) is 0 Å². The van der Waals surface area contributed by atoms with E-state index in [4.69, 9.17) is 0 Å². The summed E-state index contributed by atoms with van der Waals surface area (Å²) < 4.78 is 28.1. The van der Waals surface area contributed by atoms with Crippen LogP contribution in [-0.4, -0.2) is 27.4 Å². The van der Waals surface area contributed by atoms with Crippen LogP contribution >= 0.6 is 0 Å².